The molecule has 0 saturated carbocycles. The Morgan fingerprint density at radius 2 is 2.05 bits per heavy atom. The van der Waals surface area contributed by atoms with E-state index in [0.29, 0.717) is 5.69 Å². The molecule has 1 aromatic heterocycles. The number of nitrogens with two attached hydrogens (primary N) is 1. The second kappa shape index (κ2) is 5.77. The second-order valence-electron chi connectivity index (χ2n) is 4.11. The smallest absolute Gasteiger partial charge is 0.390 e. The van der Waals surface area contributed by atoms with Gasteiger partial charge in [0.05, 0.1) is 6.42 Å². The third-order valence-electron chi connectivity index (χ3n) is 2.47. The van der Waals surface area contributed by atoms with E-state index in [2.05, 4.69) is 0 Å². The highest BCUT2D eigenvalue weighted by Gasteiger charge is 2.28. The number of carbonyl (C=O) groups is 1. The average molecular weight is 277 g/mol. The maximum atomic E-state index is 12.0. The summed E-state index contributed by atoms with van der Waals surface area (Å²) in [4.78, 5) is 24.0. The molecule has 0 spiro atoms. The summed E-state index contributed by atoms with van der Waals surface area (Å²) in [6.45, 7) is -0.780. The molecule has 0 atom stereocenters. The summed E-state index contributed by atoms with van der Waals surface area (Å²) in [7, 11) is 1.26. The van der Waals surface area contributed by atoms with Crippen LogP contribution < -0.4 is 11.3 Å². The number of hydrogen-bond donors (Lipinski definition) is 1. The Morgan fingerprint density at radius 3 is 2.63 bits per heavy atom. The largest absolute Gasteiger partial charge is 0.398 e. The molecule has 106 valence electrons. The molecule has 2 N–H and O–H groups in total. The number of rotatable bonds is 4. The van der Waals surface area contributed by atoms with Crippen LogP contribution in [-0.2, 0) is 11.3 Å². The van der Waals surface area contributed by atoms with Crippen LogP contribution >= 0.6 is 0 Å². The molecule has 8 heteroatoms. The molecule has 1 aromatic rings. The van der Waals surface area contributed by atoms with Crippen molar-refractivity contribution in [3.05, 3.63) is 28.7 Å². The topological polar surface area (TPSA) is 68.3 Å². The van der Waals surface area contributed by atoms with Gasteiger partial charge in [0.25, 0.3) is 5.56 Å². The number of likely N-dealkylation sites (N-methyl/N-ethyl adjacent to an activating group) is 1. The third-order valence-corrected chi connectivity index (χ3v) is 2.47. The van der Waals surface area contributed by atoms with Gasteiger partial charge in [-0.1, -0.05) is 0 Å². The second-order valence-corrected chi connectivity index (χ2v) is 4.11. The van der Waals surface area contributed by atoms with Crippen molar-refractivity contribution in [3.8, 4) is 0 Å². The van der Waals surface area contributed by atoms with Crippen molar-refractivity contribution >= 4 is 11.6 Å². The average Bonchev–Trinajstić information content (AvgIpc) is 2.29. The van der Waals surface area contributed by atoms with Crippen LogP contribution in [-0.4, -0.2) is 35.1 Å². The number of pyridine rings is 1. The first-order chi connectivity index (χ1) is 8.69. The molecule has 0 fully saturated rings. The van der Waals surface area contributed by atoms with Gasteiger partial charge in [-0.2, -0.15) is 13.2 Å². The Morgan fingerprint density at radius 1 is 1.42 bits per heavy atom. The van der Waals surface area contributed by atoms with Gasteiger partial charge in [0.15, 0.2) is 0 Å². The van der Waals surface area contributed by atoms with E-state index < -0.39 is 30.6 Å². The predicted molar refractivity (Wildman–Crippen MR) is 63.4 cm³/mol. The lowest BCUT2D eigenvalue weighted by Crippen LogP contribution is -2.35. The molecule has 1 rings (SSSR count). The number of nitrogen functional groups attached to an aromatic ring is 1. The van der Waals surface area contributed by atoms with Crippen molar-refractivity contribution in [1.29, 1.82) is 0 Å². The standard InChI is InChI=1S/C11H14F3N3O2/c1-16(5-4-11(12,13)14)10(19)7-17-6-8(15)2-3-9(17)18/h2-3,6H,4-5,7,15H2,1H3. The highest BCUT2D eigenvalue weighted by Crippen LogP contribution is 2.19. The zero-order chi connectivity index (χ0) is 14.6. The van der Waals surface area contributed by atoms with Gasteiger partial charge >= 0.3 is 6.18 Å². The number of halogens is 3. The summed E-state index contributed by atoms with van der Waals surface area (Å²) in [5.41, 5.74) is 5.32. The minimum atomic E-state index is -4.32. The summed E-state index contributed by atoms with van der Waals surface area (Å²) >= 11 is 0. The highest BCUT2D eigenvalue weighted by atomic mass is 19.4. The van der Waals surface area contributed by atoms with Crippen LogP contribution in [0, 0.1) is 0 Å². The monoisotopic (exact) mass is 277 g/mol. The maximum Gasteiger partial charge on any atom is 0.390 e. The molecule has 0 radical (unpaired) electrons. The quantitative estimate of drug-likeness (QED) is 0.886. The van der Waals surface area contributed by atoms with Crippen LogP contribution in [0.2, 0.25) is 0 Å². The summed E-state index contributed by atoms with van der Waals surface area (Å²) in [5, 5.41) is 0. The number of anilines is 1. The van der Waals surface area contributed by atoms with Crippen molar-refractivity contribution in [3.63, 3.8) is 0 Å². The molecule has 0 aliphatic rings. The van der Waals surface area contributed by atoms with Crippen LogP contribution in [0.15, 0.2) is 23.1 Å². The van der Waals surface area contributed by atoms with Gasteiger partial charge < -0.3 is 15.2 Å². The molecule has 0 aliphatic carbocycles. The molecule has 0 bridgehead atoms. The Labute approximate surface area is 107 Å². The van der Waals surface area contributed by atoms with Gasteiger partial charge in [-0.05, 0) is 6.07 Å². The molecule has 1 heterocycles. The van der Waals surface area contributed by atoms with E-state index in [-0.39, 0.29) is 6.54 Å². The van der Waals surface area contributed by atoms with Crippen molar-refractivity contribution < 1.29 is 18.0 Å². The van der Waals surface area contributed by atoms with E-state index in [1.807, 2.05) is 0 Å². The first-order valence-electron chi connectivity index (χ1n) is 5.46. The van der Waals surface area contributed by atoms with Gasteiger partial charge in [0.1, 0.15) is 6.54 Å². The van der Waals surface area contributed by atoms with E-state index in [9.17, 15) is 22.8 Å². The van der Waals surface area contributed by atoms with E-state index >= 15 is 0 Å². The fraction of sp³-hybridized carbons (Fsp3) is 0.455. The predicted octanol–water partition coefficient (Wildman–Crippen LogP) is 0.841. The van der Waals surface area contributed by atoms with Crippen molar-refractivity contribution in [1.82, 2.24) is 9.47 Å². The molecule has 5 nitrogen and oxygen atoms in total. The Bertz CT molecular complexity index is 511. The van der Waals surface area contributed by atoms with Crippen molar-refractivity contribution in [2.24, 2.45) is 0 Å². The van der Waals surface area contributed by atoms with Crippen LogP contribution in [0.1, 0.15) is 6.42 Å². The fourth-order valence-electron chi connectivity index (χ4n) is 1.36. The Balaban J connectivity index is 2.64. The van der Waals surface area contributed by atoms with Gasteiger partial charge in [0, 0.05) is 31.5 Å². The van der Waals surface area contributed by atoms with E-state index in [4.69, 9.17) is 5.73 Å². The lowest BCUT2D eigenvalue weighted by Gasteiger charge is -2.18. The van der Waals surface area contributed by atoms with Gasteiger partial charge in [-0.3, -0.25) is 9.59 Å². The SMILES string of the molecule is CN(CCC(F)(F)F)C(=O)Cn1cc(N)ccc1=O. The summed E-state index contributed by atoms with van der Waals surface area (Å²) in [5.74, 6) is -0.586. The van der Waals surface area contributed by atoms with E-state index in [0.717, 1.165) is 9.47 Å². The molecule has 0 aromatic carbocycles. The van der Waals surface area contributed by atoms with Crippen LogP contribution in [0.5, 0.6) is 0 Å². The van der Waals surface area contributed by atoms with Crippen molar-refractivity contribution in [2.75, 3.05) is 19.3 Å². The molecule has 0 saturated heterocycles. The number of alkyl halides is 3. The lowest BCUT2D eigenvalue weighted by molar-refractivity contribution is -0.144. The summed E-state index contributed by atoms with van der Waals surface area (Å²) < 4.78 is 37.1. The number of amides is 1. The summed E-state index contributed by atoms with van der Waals surface area (Å²) in [6, 6.07) is 2.58. The highest BCUT2D eigenvalue weighted by molar-refractivity contribution is 5.75. The minimum Gasteiger partial charge on any atom is -0.398 e. The molecule has 0 aliphatic heterocycles. The first kappa shape index (κ1) is 15.1. The number of nitrogens with zero attached hydrogens (tertiary/aromatic N) is 2. The number of hydrogen-bond acceptors (Lipinski definition) is 3. The molecular weight excluding hydrogens is 263 g/mol. The molecule has 0 unspecified atom stereocenters. The zero-order valence-corrected chi connectivity index (χ0v) is 10.3. The van der Waals surface area contributed by atoms with Crippen molar-refractivity contribution in [2.45, 2.75) is 19.1 Å². The first-order valence-corrected chi connectivity index (χ1v) is 5.46. The van der Waals surface area contributed by atoms with E-state index in [1.54, 1.807) is 0 Å². The Kier molecular flexibility index (Phi) is 4.57. The van der Waals surface area contributed by atoms with Crippen LogP contribution in [0.4, 0.5) is 18.9 Å². The fourth-order valence-corrected chi connectivity index (χ4v) is 1.36. The van der Waals surface area contributed by atoms with Gasteiger partial charge in [0.2, 0.25) is 5.91 Å². The number of carbonyl (C=O) groups excluding carboxylic acids is 1. The zero-order valence-electron chi connectivity index (χ0n) is 10.3. The Hall–Kier alpha value is -1.99. The lowest BCUT2D eigenvalue weighted by atomic mass is 10.3. The maximum absolute atomic E-state index is 12.0. The minimum absolute atomic E-state index is 0.297. The van der Waals surface area contributed by atoms with Gasteiger partial charge in [-0.25, -0.2) is 0 Å². The van der Waals surface area contributed by atoms with Crippen LogP contribution in [0.25, 0.3) is 0 Å². The molecule has 19 heavy (non-hydrogen) atoms. The molecule has 1 amide bonds. The number of aromatic nitrogens is 1. The van der Waals surface area contributed by atoms with Crippen LogP contribution in [0.3, 0.4) is 0 Å². The molecular formula is C11H14F3N3O2. The third kappa shape index (κ3) is 5.02. The van der Waals surface area contributed by atoms with E-state index in [1.165, 1.54) is 25.4 Å². The normalized spacial score (nSPS) is 11.4. The summed E-state index contributed by atoms with van der Waals surface area (Å²) in [6.07, 6.45) is -4.12. The van der Waals surface area contributed by atoms with Gasteiger partial charge in [-0.15, -0.1) is 0 Å².